The Kier molecular flexibility index (Phi) is 3.61. The third kappa shape index (κ3) is 2.55. The molecule has 1 fully saturated rings. The second-order valence-corrected chi connectivity index (χ2v) is 5.46. The van der Waals surface area contributed by atoms with Gasteiger partial charge in [-0.2, -0.15) is 4.98 Å². The zero-order valence-corrected chi connectivity index (χ0v) is 11.8. The number of halogens is 2. The van der Waals surface area contributed by atoms with Crippen molar-refractivity contribution in [3.05, 3.63) is 34.3 Å². The Morgan fingerprint density at radius 3 is 3.11 bits per heavy atom. The van der Waals surface area contributed by atoms with Gasteiger partial charge < -0.3 is 9.84 Å². The highest BCUT2D eigenvalue weighted by atomic mass is 79.9. The van der Waals surface area contributed by atoms with Crippen LogP contribution >= 0.6 is 15.9 Å². The zero-order chi connectivity index (χ0) is 13.2. The van der Waals surface area contributed by atoms with Crippen molar-refractivity contribution >= 4 is 15.9 Å². The summed E-state index contributed by atoms with van der Waals surface area (Å²) >= 11 is 3.15. The first-order valence-electron chi connectivity index (χ1n) is 6.24. The first kappa shape index (κ1) is 12.7. The lowest BCUT2D eigenvalue weighted by Crippen LogP contribution is -2.28. The molecule has 0 amide bonds. The van der Waals surface area contributed by atoms with Crippen molar-refractivity contribution in [3.8, 4) is 11.5 Å². The van der Waals surface area contributed by atoms with Crippen molar-refractivity contribution in [2.24, 2.45) is 0 Å². The molecule has 1 aliphatic heterocycles. The van der Waals surface area contributed by atoms with Gasteiger partial charge in [0.2, 0.25) is 0 Å². The van der Waals surface area contributed by atoms with Crippen LogP contribution in [0.3, 0.4) is 0 Å². The predicted molar refractivity (Wildman–Crippen MR) is 72.2 cm³/mol. The van der Waals surface area contributed by atoms with Crippen molar-refractivity contribution in [1.82, 2.24) is 15.5 Å². The van der Waals surface area contributed by atoms with E-state index in [1.54, 1.807) is 18.2 Å². The molecule has 0 radical (unpaired) electrons. The molecule has 0 spiro atoms. The van der Waals surface area contributed by atoms with Crippen LogP contribution in [0.4, 0.5) is 4.39 Å². The lowest BCUT2D eigenvalue weighted by molar-refractivity contribution is 0.392. The average molecular weight is 326 g/mol. The van der Waals surface area contributed by atoms with Gasteiger partial charge in [0, 0.05) is 12.5 Å². The number of aromatic nitrogens is 2. The fourth-order valence-electron chi connectivity index (χ4n) is 2.25. The summed E-state index contributed by atoms with van der Waals surface area (Å²) < 4.78 is 19.5. The van der Waals surface area contributed by atoms with E-state index in [1.807, 2.05) is 0 Å². The molecule has 2 heterocycles. The van der Waals surface area contributed by atoms with E-state index >= 15 is 0 Å². The first-order chi connectivity index (χ1) is 9.25. The number of piperidine rings is 1. The van der Waals surface area contributed by atoms with Crippen LogP contribution in [-0.2, 0) is 0 Å². The van der Waals surface area contributed by atoms with E-state index in [0.717, 1.165) is 25.9 Å². The van der Waals surface area contributed by atoms with Gasteiger partial charge >= 0.3 is 0 Å². The van der Waals surface area contributed by atoms with Crippen molar-refractivity contribution < 1.29 is 8.91 Å². The van der Waals surface area contributed by atoms with Crippen LogP contribution in [0, 0.1) is 5.82 Å². The maximum atomic E-state index is 14.0. The molecule has 100 valence electrons. The summed E-state index contributed by atoms with van der Waals surface area (Å²) in [7, 11) is 0. The SMILES string of the molecule is Fc1c(Br)cccc1-c1nc(C2CCCNC2)no1. The highest BCUT2D eigenvalue weighted by molar-refractivity contribution is 9.10. The molecule has 19 heavy (non-hydrogen) atoms. The molecular weight excluding hydrogens is 313 g/mol. The summed E-state index contributed by atoms with van der Waals surface area (Å²) in [4.78, 5) is 4.33. The molecule has 1 unspecified atom stereocenters. The highest BCUT2D eigenvalue weighted by Gasteiger charge is 2.22. The van der Waals surface area contributed by atoms with Crippen molar-refractivity contribution in [1.29, 1.82) is 0 Å². The second-order valence-electron chi connectivity index (χ2n) is 4.60. The van der Waals surface area contributed by atoms with Crippen LogP contribution in [0.25, 0.3) is 11.5 Å². The lowest BCUT2D eigenvalue weighted by atomic mass is 9.99. The molecule has 1 saturated heterocycles. The first-order valence-corrected chi connectivity index (χ1v) is 7.03. The van der Waals surface area contributed by atoms with Crippen LogP contribution in [0.15, 0.2) is 27.2 Å². The average Bonchev–Trinajstić information content (AvgIpc) is 2.92. The van der Waals surface area contributed by atoms with E-state index in [9.17, 15) is 4.39 Å². The maximum Gasteiger partial charge on any atom is 0.260 e. The number of nitrogens with zero attached hydrogens (tertiary/aromatic N) is 2. The third-order valence-electron chi connectivity index (χ3n) is 3.29. The third-order valence-corrected chi connectivity index (χ3v) is 3.90. The Morgan fingerprint density at radius 2 is 2.32 bits per heavy atom. The van der Waals surface area contributed by atoms with Gasteiger partial charge in [-0.3, -0.25) is 0 Å². The normalized spacial score (nSPS) is 19.6. The highest BCUT2D eigenvalue weighted by Crippen LogP contribution is 2.28. The van der Waals surface area contributed by atoms with E-state index in [1.165, 1.54) is 0 Å². The van der Waals surface area contributed by atoms with Gasteiger partial charge in [-0.1, -0.05) is 11.2 Å². The fraction of sp³-hybridized carbons (Fsp3) is 0.385. The van der Waals surface area contributed by atoms with Crippen molar-refractivity contribution in [3.63, 3.8) is 0 Å². The monoisotopic (exact) mass is 325 g/mol. The predicted octanol–water partition coefficient (Wildman–Crippen LogP) is 3.11. The molecule has 0 bridgehead atoms. The lowest BCUT2D eigenvalue weighted by Gasteiger charge is -2.19. The number of nitrogens with one attached hydrogen (secondary N) is 1. The van der Waals surface area contributed by atoms with Crippen molar-refractivity contribution in [2.75, 3.05) is 13.1 Å². The molecule has 1 aliphatic rings. The van der Waals surface area contributed by atoms with Gasteiger partial charge in [-0.05, 0) is 47.4 Å². The number of hydrogen-bond acceptors (Lipinski definition) is 4. The van der Waals surface area contributed by atoms with Gasteiger partial charge in [-0.25, -0.2) is 4.39 Å². The molecule has 1 aromatic carbocycles. The minimum absolute atomic E-state index is 0.236. The minimum Gasteiger partial charge on any atom is -0.334 e. The van der Waals surface area contributed by atoms with Gasteiger partial charge in [0.1, 0.15) is 5.82 Å². The summed E-state index contributed by atoms with van der Waals surface area (Å²) in [5, 5.41) is 7.28. The van der Waals surface area contributed by atoms with Crippen LogP contribution < -0.4 is 5.32 Å². The maximum absolute atomic E-state index is 14.0. The van der Waals surface area contributed by atoms with E-state index in [2.05, 4.69) is 31.4 Å². The van der Waals surface area contributed by atoms with E-state index in [0.29, 0.717) is 15.9 Å². The molecule has 6 heteroatoms. The van der Waals surface area contributed by atoms with Crippen LogP contribution in [0.1, 0.15) is 24.6 Å². The Morgan fingerprint density at radius 1 is 1.42 bits per heavy atom. The quantitative estimate of drug-likeness (QED) is 0.921. The summed E-state index contributed by atoms with van der Waals surface area (Å²) in [5.41, 5.74) is 0.330. The number of hydrogen-bond donors (Lipinski definition) is 1. The standard InChI is InChI=1S/C13H13BrFN3O/c14-10-5-1-4-9(11(10)15)13-17-12(18-19-13)8-3-2-6-16-7-8/h1,4-5,8,16H,2-3,6-7H2. The molecule has 3 rings (SSSR count). The molecule has 1 N–H and O–H groups in total. The summed E-state index contributed by atoms with van der Waals surface area (Å²) in [5.74, 6) is 0.766. The molecule has 0 saturated carbocycles. The smallest absolute Gasteiger partial charge is 0.260 e. The summed E-state index contributed by atoms with van der Waals surface area (Å²) in [6.07, 6.45) is 2.13. The topological polar surface area (TPSA) is 51.0 Å². The van der Waals surface area contributed by atoms with Crippen LogP contribution in [-0.4, -0.2) is 23.2 Å². The van der Waals surface area contributed by atoms with E-state index in [-0.39, 0.29) is 17.6 Å². The fourth-order valence-corrected chi connectivity index (χ4v) is 2.62. The van der Waals surface area contributed by atoms with Crippen LogP contribution in [0.5, 0.6) is 0 Å². The second kappa shape index (κ2) is 5.38. The number of rotatable bonds is 2. The van der Waals surface area contributed by atoms with E-state index < -0.39 is 0 Å². The Balaban J connectivity index is 1.90. The van der Waals surface area contributed by atoms with Crippen molar-refractivity contribution in [2.45, 2.75) is 18.8 Å². The Hall–Kier alpha value is -1.27. The Labute approximate surface area is 118 Å². The van der Waals surface area contributed by atoms with Gasteiger partial charge in [0.15, 0.2) is 5.82 Å². The summed E-state index contributed by atoms with van der Waals surface area (Å²) in [6.45, 7) is 1.88. The molecule has 0 aliphatic carbocycles. The number of benzene rings is 1. The molecule has 1 atom stereocenters. The molecular formula is C13H13BrFN3O. The van der Waals surface area contributed by atoms with Gasteiger partial charge in [0.25, 0.3) is 5.89 Å². The van der Waals surface area contributed by atoms with E-state index in [4.69, 9.17) is 4.52 Å². The zero-order valence-electron chi connectivity index (χ0n) is 10.2. The molecule has 2 aromatic rings. The van der Waals surface area contributed by atoms with Gasteiger partial charge in [0.05, 0.1) is 10.0 Å². The molecule has 1 aromatic heterocycles. The Bertz CT molecular complexity index is 581. The summed E-state index contributed by atoms with van der Waals surface area (Å²) in [6, 6.07) is 5.02. The largest absolute Gasteiger partial charge is 0.334 e. The van der Waals surface area contributed by atoms with Gasteiger partial charge in [-0.15, -0.1) is 0 Å². The minimum atomic E-state index is -0.375. The molecule has 4 nitrogen and oxygen atoms in total. The van der Waals surface area contributed by atoms with Crippen LogP contribution in [0.2, 0.25) is 0 Å².